The van der Waals surface area contributed by atoms with Crippen LogP contribution in [0, 0.1) is 11.3 Å². The maximum atomic E-state index is 12.4. The molecule has 0 heterocycles. The van der Waals surface area contributed by atoms with Gasteiger partial charge < -0.3 is 5.73 Å². The fraction of sp³-hybridized carbons (Fsp3) is 1.00. The molecule has 1 aliphatic carbocycles. The highest BCUT2D eigenvalue weighted by Gasteiger charge is 2.50. The zero-order valence-corrected chi connectivity index (χ0v) is 7.03. The molecule has 1 aliphatic rings. The van der Waals surface area contributed by atoms with E-state index in [2.05, 4.69) is 0 Å². The SMILES string of the molecule is CC(C)(CN)C1CC(F)(F)C1. The van der Waals surface area contributed by atoms with Crippen molar-refractivity contribution >= 4 is 0 Å². The molecular weight excluding hydrogens is 148 g/mol. The molecule has 0 aromatic heterocycles. The van der Waals surface area contributed by atoms with Gasteiger partial charge in [0.25, 0.3) is 0 Å². The monoisotopic (exact) mass is 163 g/mol. The Hall–Kier alpha value is -0.180. The molecule has 0 aromatic rings. The van der Waals surface area contributed by atoms with E-state index in [-0.39, 0.29) is 24.2 Å². The summed E-state index contributed by atoms with van der Waals surface area (Å²) in [7, 11) is 0. The normalized spacial score (nSPS) is 24.8. The highest BCUT2D eigenvalue weighted by molar-refractivity contribution is 4.94. The van der Waals surface area contributed by atoms with Crippen molar-refractivity contribution in [2.75, 3.05) is 6.54 Å². The number of halogens is 2. The lowest BCUT2D eigenvalue weighted by Crippen LogP contribution is -2.46. The maximum Gasteiger partial charge on any atom is 0.248 e. The maximum absolute atomic E-state index is 12.4. The minimum absolute atomic E-state index is 0.0250. The molecule has 66 valence electrons. The Morgan fingerprint density at radius 1 is 1.45 bits per heavy atom. The Balaban J connectivity index is 2.43. The van der Waals surface area contributed by atoms with Crippen molar-refractivity contribution in [2.45, 2.75) is 32.6 Å². The van der Waals surface area contributed by atoms with Crippen molar-refractivity contribution in [2.24, 2.45) is 17.1 Å². The van der Waals surface area contributed by atoms with Crippen LogP contribution in [0.2, 0.25) is 0 Å². The molecule has 3 heteroatoms. The van der Waals surface area contributed by atoms with Gasteiger partial charge in [-0.2, -0.15) is 0 Å². The Bertz CT molecular complexity index is 146. The molecule has 0 amide bonds. The van der Waals surface area contributed by atoms with Gasteiger partial charge in [-0.15, -0.1) is 0 Å². The third kappa shape index (κ3) is 1.70. The van der Waals surface area contributed by atoms with Crippen LogP contribution in [0.4, 0.5) is 8.78 Å². The van der Waals surface area contributed by atoms with E-state index in [1.807, 2.05) is 13.8 Å². The van der Waals surface area contributed by atoms with Crippen LogP contribution in [0.5, 0.6) is 0 Å². The van der Waals surface area contributed by atoms with E-state index in [1.54, 1.807) is 0 Å². The molecule has 0 unspecified atom stereocenters. The summed E-state index contributed by atoms with van der Waals surface area (Å²) in [6.07, 6.45) is 0.0500. The van der Waals surface area contributed by atoms with Crippen molar-refractivity contribution in [3.8, 4) is 0 Å². The Kier molecular flexibility index (Phi) is 1.95. The van der Waals surface area contributed by atoms with E-state index >= 15 is 0 Å². The quantitative estimate of drug-likeness (QED) is 0.662. The summed E-state index contributed by atoms with van der Waals surface area (Å²) in [5, 5.41) is 0. The first-order valence-corrected chi connectivity index (χ1v) is 3.95. The summed E-state index contributed by atoms with van der Waals surface area (Å²) < 4.78 is 24.8. The lowest BCUT2D eigenvalue weighted by atomic mass is 9.65. The number of rotatable bonds is 2. The number of hydrogen-bond acceptors (Lipinski definition) is 1. The van der Waals surface area contributed by atoms with Gasteiger partial charge in [0.1, 0.15) is 0 Å². The molecule has 0 saturated heterocycles. The summed E-state index contributed by atoms with van der Waals surface area (Å²) in [4.78, 5) is 0. The third-order valence-corrected chi connectivity index (χ3v) is 2.72. The van der Waals surface area contributed by atoms with Crippen LogP contribution in [0.15, 0.2) is 0 Å². The van der Waals surface area contributed by atoms with Gasteiger partial charge in [0.05, 0.1) is 0 Å². The highest BCUT2D eigenvalue weighted by Crippen LogP contribution is 2.50. The largest absolute Gasteiger partial charge is 0.330 e. The van der Waals surface area contributed by atoms with Crippen LogP contribution < -0.4 is 5.73 Å². The standard InChI is InChI=1S/C8H15F2N/c1-7(2,5-11)6-3-8(9,10)4-6/h6H,3-5,11H2,1-2H3. The first-order chi connectivity index (χ1) is 4.87. The average Bonchev–Trinajstić information content (AvgIpc) is 1.83. The Labute approximate surface area is 66.0 Å². The summed E-state index contributed by atoms with van der Waals surface area (Å²) in [6.45, 7) is 4.40. The molecular formula is C8H15F2N. The lowest BCUT2D eigenvalue weighted by molar-refractivity contribution is -0.140. The topological polar surface area (TPSA) is 26.0 Å². The second kappa shape index (κ2) is 2.41. The number of hydrogen-bond donors (Lipinski definition) is 1. The second-order valence-electron chi connectivity index (χ2n) is 4.15. The number of alkyl halides is 2. The zero-order chi connectivity index (χ0) is 8.70. The fourth-order valence-corrected chi connectivity index (χ4v) is 1.38. The minimum Gasteiger partial charge on any atom is -0.330 e. The van der Waals surface area contributed by atoms with Crippen LogP contribution in [-0.4, -0.2) is 12.5 Å². The van der Waals surface area contributed by atoms with Gasteiger partial charge in [-0.3, -0.25) is 0 Å². The first kappa shape index (κ1) is 8.91. The molecule has 1 fully saturated rings. The number of nitrogens with two attached hydrogens (primary N) is 1. The second-order valence-corrected chi connectivity index (χ2v) is 4.15. The molecule has 0 atom stereocenters. The minimum atomic E-state index is -2.41. The van der Waals surface area contributed by atoms with E-state index in [0.717, 1.165) is 0 Å². The molecule has 0 spiro atoms. The molecule has 0 aliphatic heterocycles. The van der Waals surface area contributed by atoms with E-state index < -0.39 is 5.92 Å². The van der Waals surface area contributed by atoms with Crippen LogP contribution in [0.1, 0.15) is 26.7 Å². The van der Waals surface area contributed by atoms with Crippen molar-refractivity contribution in [1.82, 2.24) is 0 Å². The molecule has 0 bridgehead atoms. The lowest BCUT2D eigenvalue weighted by Gasteiger charge is -2.44. The summed E-state index contributed by atoms with van der Waals surface area (Å²) in [5.74, 6) is -2.29. The van der Waals surface area contributed by atoms with Gasteiger partial charge in [0, 0.05) is 12.8 Å². The van der Waals surface area contributed by atoms with Crippen LogP contribution in [-0.2, 0) is 0 Å². The van der Waals surface area contributed by atoms with E-state index in [1.165, 1.54) is 0 Å². The van der Waals surface area contributed by atoms with Gasteiger partial charge in [-0.05, 0) is 17.9 Å². The van der Waals surface area contributed by atoms with E-state index in [4.69, 9.17) is 5.73 Å². The molecule has 1 saturated carbocycles. The summed E-state index contributed by atoms with van der Waals surface area (Å²) >= 11 is 0. The van der Waals surface area contributed by atoms with Crippen molar-refractivity contribution < 1.29 is 8.78 Å². The Morgan fingerprint density at radius 3 is 2.18 bits per heavy atom. The molecule has 0 radical (unpaired) electrons. The average molecular weight is 163 g/mol. The van der Waals surface area contributed by atoms with Crippen LogP contribution in [0.25, 0.3) is 0 Å². The van der Waals surface area contributed by atoms with Gasteiger partial charge in [0.15, 0.2) is 0 Å². The fourth-order valence-electron chi connectivity index (χ4n) is 1.38. The van der Waals surface area contributed by atoms with Crippen LogP contribution >= 0.6 is 0 Å². The highest BCUT2D eigenvalue weighted by atomic mass is 19.3. The molecule has 1 rings (SSSR count). The third-order valence-electron chi connectivity index (χ3n) is 2.72. The Morgan fingerprint density at radius 2 is 1.91 bits per heavy atom. The molecule has 2 N–H and O–H groups in total. The van der Waals surface area contributed by atoms with Crippen LogP contribution in [0.3, 0.4) is 0 Å². The summed E-state index contributed by atoms with van der Waals surface area (Å²) in [6, 6.07) is 0. The predicted molar refractivity (Wildman–Crippen MR) is 40.5 cm³/mol. The molecule has 0 aromatic carbocycles. The van der Waals surface area contributed by atoms with Crippen molar-refractivity contribution in [1.29, 1.82) is 0 Å². The molecule has 11 heavy (non-hydrogen) atoms. The van der Waals surface area contributed by atoms with Gasteiger partial charge >= 0.3 is 0 Å². The van der Waals surface area contributed by atoms with E-state index in [0.29, 0.717) is 6.54 Å². The first-order valence-electron chi connectivity index (χ1n) is 3.95. The van der Waals surface area contributed by atoms with Crippen molar-refractivity contribution in [3.63, 3.8) is 0 Å². The van der Waals surface area contributed by atoms with Gasteiger partial charge in [0.2, 0.25) is 5.92 Å². The smallest absolute Gasteiger partial charge is 0.248 e. The zero-order valence-electron chi connectivity index (χ0n) is 7.03. The summed E-state index contributed by atoms with van der Waals surface area (Å²) in [5.41, 5.74) is 5.35. The van der Waals surface area contributed by atoms with Gasteiger partial charge in [-0.1, -0.05) is 13.8 Å². The van der Waals surface area contributed by atoms with Crippen molar-refractivity contribution in [3.05, 3.63) is 0 Å². The molecule has 1 nitrogen and oxygen atoms in total. The van der Waals surface area contributed by atoms with Gasteiger partial charge in [-0.25, -0.2) is 8.78 Å². The predicted octanol–water partition coefficient (Wildman–Crippen LogP) is 2.02. The van der Waals surface area contributed by atoms with E-state index in [9.17, 15) is 8.78 Å².